The van der Waals surface area contributed by atoms with Crippen molar-refractivity contribution in [1.29, 1.82) is 0 Å². The zero-order chi connectivity index (χ0) is 17.4. The van der Waals surface area contributed by atoms with E-state index in [0.29, 0.717) is 39.1 Å². The number of urea groups is 1. The molecular formula is C17H26ClN3O4. The van der Waals surface area contributed by atoms with E-state index in [1.165, 1.54) is 0 Å². The van der Waals surface area contributed by atoms with Crippen LogP contribution in [-0.4, -0.2) is 61.4 Å². The molecular weight excluding hydrogens is 346 g/mol. The van der Waals surface area contributed by atoms with Gasteiger partial charge in [0.2, 0.25) is 0 Å². The second kappa shape index (κ2) is 10.2. The molecule has 1 aromatic rings. The summed E-state index contributed by atoms with van der Waals surface area (Å²) in [5, 5.41) is 12.6. The van der Waals surface area contributed by atoms with Gasteiger partial charge in [-0.05, 0) is 31.5 Å². The number of carboxylic acid groups (broad SMARTS) is 1. The number of halogens is 1. The number of ether oxygens (including phenoxy) is 1. The molecule has 8 heteroatoms. The highest BCUT2D eigenvalue weighted by Crippen LogP contribution is 2.33. The highest BCUT2D eigenvalue weighted by Gasteiger charge is 2.40. The summed E-state index contributed by atoms with van der Waals surface area (Å²) in [7, 11) is 0. The Labute approximate surface area is 153 Å². The molecule has 2 saturated heterocycles. The van der Waals surface area contributed by atoms with Crippen molar-refractivity contribution in [2.45, 2.75) is 18.3 Å². The average molecular weight is 372 g/mol. The van der Waals surface area contributed by atoms with Crippen LogP contribution in [0.25, 0.3) is 0 Å². The molecule has 7 nitrogen and oxygen atoms in total. The molecule has 2 aliphatic heterocycles. The number of piperidine rings is 1. The third-order valence-corrected chi connectivity index (χ3v) is 4.52. The number of morpholine rings is 1. The first kappa shape index (κ1) is 21.2. The summed E-state index contributed by atoms with van der Waals surface area (Å²) in [6.07, 6.45) is 1.35. The summed E-state index contributed by atoms with van der Waals surface area (Å²) in [6, 6.07) is 9.21. The van der Waals surface area contributed by atoms with Crippen LogP contribution in [0.15, 0.2) is 30.3 Å². The van der Waals surface area contributed by atoms with Gasteiger partial charge in [0.25, 0.3) is 0 Å². The summed E-state index contributed by atoms with van der Waals surface area (Å²) in [6.45, 7) is 4.05. The number of carbonyl (C=O) groups is 2. The van der Waals surface area contributed by atoms with Crippen LogP contribution in [0, 0.1) is 0 Å². The summed E-state index contributed by atoms with van der Waals surface area (Å²) >= 11 is 0. The van der Waals surface area contributed by atoms with Crippen molar-refractivity contribution in [2.75, 3.05) is 39.4 Å². The molecule has 25 heavy (non-hydrogen) atoms. The van der Waals surface area contributed by atoms with E-state index in [9.17, 15) is 14.7 Å². The molecule has 2 heterocycles. The van der Waals surface area contributed by atoms with E-state index >= 15 is 0 Å². The van der Waals surface area contributed by atoms with E-state index in [1.54, 1.807) is 4.90 Å². The van der Waals surface area contributed by atoms with Crippen molar-refractivity contribution in [3.8, 4) is 0 Å². The molecule has 2 fully saturated rings. The van der Waals surface area contributed by atoms with Crippen LogP contribution in [0.2, 0.25) is 0 Å². The van der Waals surface area contributed by atoms with Gasteiger partial charge in [-0.1, -0.05) is 30.3 Å². The third kappa shape index (κ3) is 5.59. The third-order valence-electron chi connectivity index (χ3n) is 4.52. The fraction of sp³-hybridized carbons (Fsp3) is 0.529. The van der Waals surface area contributed by atoms with Crippen molar-refractivity contribution in [1.82, 2.24) is 10.2 Å². The number of carbonyl (C=O) groups excluding carboxylic acids is 1. The second-order valence-electron chi connectivity index (χ2n) is 5.94. The zero-order valence-corrected chi connectivity index (χ0v) is 15.0. The van der Waals surface area contributed by atoms with Crippen LogP contribution in [-0.2, 0) is 14.9 Å². The maximum absolute atomic E-state index is 11.4. The van der Waals surface area contributed by atoms with Gasteiger partial charge in [-0.15, -0.1) is 12.4 Å². The number of aliphatic carboxylic acids is 1. The Morgan fingerprint density at radius 1 is 1.12 bits per heavy atom. The molecule has 0 radical (unpaired) electrons. The van der Waals surface area contributed by atoms with E-state index in [1.807, 2.05) is 30.3 Å². The lowest BCUT2D eigenvalue weighted by atomic mass is 9.73. The van der Waals surface area contributed by atoms with Gasteiger partial charge in [0, 0.05) is 13.1 Å². The highest BCUT2D eigenvalue weighted by molar-refractivity contribution is 5.85. The maximum Gasteiger partial charge on any atom is 0.314 e. The number of nitrogens with one attached hydrogen (secondary N) is 1. The van der Waals surface area contributed by atoms with Crippen LogP contribution in [0.5, 0.6) is 0 Å². The van der Waals surface area contributed by atoms with Gasteiger partial charge in [0.1, 0.15) is 0 Å². The zero-order valence-electron chi connectivity index (χ0n) is 14.1. The monoisotopic (exact) mass is 371 g/mol. The fourth-order valence-corrected chi connectivity index (χ4v) is 3.02. The van der Waals surface area contributed by atoms with E-state index in [0.717, 1.165) is 18.7 Å². The minimum atomic E-state index is -0.699. The molecule has 4 N–H and O–H groups in total. The van der Waals surface area contributed by atoms with Crippen LogP contribution < -0.4 is 11.1 Å². The predicted octanol–water partition coefficient (Wildman–Crippen LogP) is 1.21. The number of hydrogen-bond donors (Lipinski definition) is 3. The largest absolute Gasteiger partial charge is 0.481 e. The van der Waals surface area contributed by atoms with E-state index in [-0.39, 0.29) is 18.4 Å². The van der Waals surface area contributed by atoms with Gasteiger partial charge in [-0.3, -0.25) is 4.79 Å². The van der Waals surface area contributed by atoms with Gasteiger partial charge in [-0.2, -0.15) is 0 Å². The van der Waals surface area contributed by atoms with Crippen LogP contribution in [0.1, 0.15) is 18.4 Å². The predicted molar refractivity (Wildman–Crippen MR) is 97.1 cm³/mol. The molecule has 0 aliphatic carbocycles. The number of benzene rings is 1. The molecule has 2 aliphatic rings. The summed E-state index contributed by atoms with van der Waals surface area (Å²) in [4.78, 5) is 23.5. The van der Waals surface area contributed by atoms with Crippen LogP contribution in [0.4, 0.5) is 4.79 Å². The van der Waals surface area contributed by atoms with E-state index in [2.05, 4.69) is 5.32 Å². The lowest BCUT2D eigenvalue weighted by Crippen LogP contribution is -2.45. The molecule has 140 valence electrons. The topological polar surface area (TPSA) is 105 Å². The Hall–Kier alpha value is -1.83. The van der Waals surface area contributed by atoms with E-state index in [4.69, 9.17) is 10.5 Å². The van der Waals surface area contributed by atoms with Crippen molar-refractivity contribution in [2.24, 2.45) is 5.73 Å². The lowest BCUT2D eigenvalue weighted by molar-refractivity contribution is -0.145. The summed E-state index contributed by atoms with van der Waals surface area (Å²) in [5.41, 5.74) is 5.25. The first-order valence-corrected chi connectivity index (χ1v) is 8.18. The minimum Gasteiger partial charge on any atom is -0.481 e. The van der Waals surface area contributed by atoms with Crippen molar-refractivity contribution >= 4 is 24.4 Å². The molecule has 0 aromatic heterocycles. The van der Waals surface area contributed by atoms with Gasteiger partial charge >= 0.3 is 12.0 Å². The molecule has 0 unspecified atom stereocenters. The fourth-order valence-electron chi connectivity index (χ4n) is 3.02. The molecule has 0 atom stereocenters. The Morgan fingerprint density at radius 3 is 2.12 bits per heavy atom. The Bertz CT molecular complexity index is 544. The molecule has 0 spiro atoms. The molecule has 2 amide bonds. The van der Waals surface area contributed by atoms with Gasteiger partial charge in [-0.25, -0.2) is 4.79 Å². The van der Waals surface area contributed by atoms with Crippen molar-refractivity contribution < 1.29 is 19.4 Å². The first-order valence-electron chi connectivity index (χ1n) is 8.18. The summed E-state index contributed by atoms with van der Waals surface area (Å²) < 4.78 is 5.00. The number of hydrogen-bond acceptors (Lipinski definition) is 4. The molecule has 0 bridgehead atoms. The molecule has 1 aromatic carbocycles. The van der Waals surface area contributed by atoms with E-state index < -0.39 is 11.4 Å². The van der Waals surface area contributed by atoms with Crippen LogP contribution >= 0.6 is 12.4 Å². The Kier molecular flexibility index (Phi) is 8.68. The van der Waals surface area contributed by atoms with Gasteiger partial charge < -0.3 is 25.8 Å². The standard InChI is InChI=1S/C12H15NO2.C5H10N2O2.ClH/c14-11(15)12(6-8-13-9-7-12)10-4-2-1-3-5-10;6-5(8)7-1-3-9-4-2-7;/h1-5,13H,6-9H2,(H,14,15);1-4H2,(H2,6,8);1H. The van der Waals surface area contributed by atoms with Crippen LogP contribution in [0.3, 0.4) is 0 Å². The number of nitrogens with two attached hydrogens (primary N) is 1. The summed E-state index contributed by atoms with van der Waals surface area (Å²) in [5.74, 6) is -0.699. The molecule has 0 saturated carbocycles. The maximum atomic E-state index is 11.4. The van der Waals surface area contributed by atoms with Crippen molar-refractivity contribution in [3.63, 3.8) is 0 Å². The first-order chi connectivity index (χ1) is 11.6. The smallest absolute Gasteiger partial charge is 0.314 e. The number of nitrogens with zero attached hydrogens (tertiary/aromatic N) is 1. The Balaban J connectivity index is 0.000000270. The highest BCUT2D eigenvalue weighted by atomic mass is 35.5. The number of carboxylic acids is 1. The SMILES string of the molecule is Cl.NC(=O)N1CCOCC1.O=C(O)C1(c2ccccc2)CCNCC1. The normalized spacial score (nSPS) is 19.0. The average Bonchev–Trinajstić information content (AvgIpc) is 2.64. The van der Waals surface area contributed by atoms with Gasteiger partial charge in [0.05, 0.1) is 18.6 Å². The van der Waals surface area contributed by atoms with Gasteiger partial charge in [0.15, 0.2) is 0 Å². The molecule has 3 rings (SSSR count). The quantitative estimate of drug-likeness (QED) is 0.724. The lowest BCUT2D eigenvalue weighted by Gasteiger charge is -2.34. The number of rotatable bonds is 2. The number of amides is 2. The Morgan fingerprint density at radius 2 is 1.68 bits per heavy atom. The minimum absolute atomic E-state index is 0. The van der Waals surface area contributed by atoms with Crippen molar-refractivity contribution in [3.05, 3.63) is 35.9 Å². The number of primary amides is 1. The second-order valence-corrected chi connectivity index (χ2v) is 5.94.